The van der Waals surface area contributed by atoms with E-state index in [1.54, 1.807) is 18.2 Å². The van der Waals surface area contributed by atoms with Crippen molar-refractivity contribution in [1.82, 2.24) is 9.71 Å². The molecule has 0 bridgehead atoms. The van der Waals surface area contributed by atoms with Crippen LogP contribution in [0, 0.1) is 12.3 Å². The molecule has 2 aromatic rings. The molecule has 1 aromatic carbocycles. The Labute approximate surface area is 118 Å². The predicted molar refractivity (Wildman–Crippen MR) is 79.4 cm³/mol. The molecule has 1 atom stereocenters. The highest BCUT2D eigenvalue weighted by molar-refractivity contribution is 7.89. The number of pyridine rings is 1. The third kappa shape index (κ3) is 2.59. The first-order valence-corrected chi connectivity index (χ1v) is 7.59. The van der Waals surface area contributed by atoms with Crippen LogP contribution in [-0.2, 0) is 10.0 Å². The summed E-state index contributed by atoms with van der Waals surface area (Å²) >= 11 is 0. The summed E-state index contributed by atoms with van der Waals surface area (Å²) in [4.78, 5) is 4.20. The highest BCUT2D eigenvalue weighted by Crippen LogP contribution is 2.25. The van der Waals surface area contributed by atoms with Crippen molar-refractivity contribution in [2.75, 3.05) is 5.73 Å². The zero-order valence-electron chi connectivity index (χ0n) is 11.0. The number of nitrogens with two attached hydrogens (primary N) is 1. The summed E-state index contributed by atoms with van der Waals surface area (Å²) in [6.45, 7) is 1.81. The average molecular weight is 289 g/mol. The molecule has 0 radical (unpaired) electrons. The van der Waals surface area contributed by atoms with Gasteiger partial charge in [0.2, 0.25) is 10.0 Å². The van der Waals surface area contributed by atoms with E-state index in [2.05, 4.69) is 15.6 Å². The van der Waals surface area contributed by atoms with Crippen molar-refractivity contribution in [3.05, 3.63) is 30.5 Å². The summed E-state index contributed by atoms with van der Waals surface area (Å²) in [6, 6.07) is 5.89. The molecule has 2 rings (SSSR count). The molecular formula is C14H15N3O2S. The predicted octanol–water partition coefficient (Wildman–Crippen LogP) is 1.51. The lowest BCUT2D eigenvalue weighted by atomic mass is 10.2. The molecule has 1 aromatic heterocycles. The number of hydrogen-bond donors (Lipinski definition) is 2. The van der Waals surface area contributed by atoms with Crippen molar-refractivity contribution < 1.29 is 8.42 Å². The van der Waals surface area contributed by atoms with Gasteiger partial charge in [0.05, 0.1) is 11.6 Å². The molecular weight excluding hydrogens is 274 g/mol. The van der Waals surface area contributed by atoms with Crippen molar-refractivity contribution in [2.45, 2.75) is 24.3 Å². The topological polar surface area (TPSA) is 85.1 Å². The van der Waals surface area contributed by atoms with E-state index in [0.717, 1.165) is 0 Å². The SMILES string of the molecule is C#CC(CC)NS(=O)(=O)c1ccc(N)c2cccnc12. The van der Waals surface area contributed by atoms with Crippen molar-refractivity contribution in [3.8, 4) is 12.3 Å². The van der Waals surface area contributed by atoms with Gasteiger partial charge in [-0.3, -0.25) is 4.98 Å². The Morgan fingerprint density at radius 1 is 1.45 bits per heavy atom. The van der Waals surface area contributed by atoms with E-state index >= 15 is 0 Å². The monoisotopic (exact) mass is 289 g/mol. The van der Waals surface area contributed by atoms with Crippen LogP contribution in [0.15, 0.2) is 35.4 Å². The minimum absolute atomic E-state index is 0.0796. The van der Waals surface area contributed by atoms with E-state index in [0.29, 0.717) is 23.0 Å². The second kappa shape index (κ2) is 5.49. The Balaban J connectivity index is 2.59. The highest BCUT2D eigenvalue weighted by Gasteiger charge is 2.21. The number of fused-ring (bicyclic) bond motifs is 1. The second-order valence-electron chi connectivity index (χ2n) is 4.30. The molecule has 0 aliphatic carbocycles. The maximum atomic E-state index is 12.4. The summed E-state index contributed by atoms with van der Waals surface area (Å²) < 4.78 is 27.3. The van der Waals surface area contributed by atoms with Gasteiger partial charge in [0, 0.05) is 17.3 Å². The van der Waals surface area contributed by atoms with Gasteiger partial charge in [-0.05, 0) is 30.7 Å². The molecule has 0 aliphatic rings. The first-order chi connectivity index (χ1) is 9.49. The number of benzene rings is 1. The van der Waals surface area contributed by atoms with Crippen molar-refractivity contribution >= 4 is 26.6 Å². The van der Waals surface area contributed by atoms with Crippen LogP contribution in [0.5, 0.6) is 0 Å². The van der Waals surface area contributed by atoms with Crippen LogP contribution in [0.4, 0.5) is 5.69 Å². The van der Waals surface area contributed by atoms with Crippen LogP contribution in [0.2, 0.25) is 0 Å². The summed E-state index contributed by atoms with van der Waals surface area (Å²) in [5, 5.41) is 0.601. The second-order valence-corrected chi connectivity index (χ2v) is 5.98. The normalized spacial score (nSPS) is 13.0. The van der Waals surface area contributed by atoms with Crippen molar-refractivity contribution in [2.24, 2.45) is 0 Å². The number of nitrogens with zero attached hydrogens (tertiary/aromatic N) is 1. The summed E-state index contributed by atoms with van der Waals surface area (Å²) in [7, 11) is -3.74. The van der Waals surface area contributed by atoms with Crippen LogP contribution < -0.4 is 10.5 Å². The van der Waals surface area contributed by atoms with Gasteiger partial charge in [-0.25, -0.2) is 8.42 Å². The van der Waals surface area contributed by atoms with Gasteiger partial charge in [0.15, 0.2) is 0 Å². The van der Waals surface area contributed by atoms with Gasteiger partial charge < -0.3 is 5.73 Å². The maximum absolute atomic E-state index is 12.4. The Hall–Kier alpha value is -2.10. The van der Waals surface area contributed by atoms with Gasteiger partial charge in [-0.15, -0.1) is 6.42 Å². The van der Waals surface area contributed by atoms with Gasteiger partial charge in [0.1, 0.15) is 4.90 Å². The fourth-order valence-electron chi connectivity index (χ4n) is 1.87. The van der Waals surface area contributed by atoms with E-state index in [1.165, 1.54) is 12.3 Å². The van der Waals surface area contributed by atoms with E-state index in [4.69, 9.17) is 12.2 Å². The summed E-state index contributed by atoms with van der Waals surface area (Å²) in [6.07, 6.45) is 7.33. The number of nitrogen functional groups attached to an aromatic ring is 1. The van der Waals surface area contributed by atoms with Crippen LogP contribution in [0.1, 0.15) is 13.3 Å². The molecule has 1 unspecified atom stereocenters. The first-order valence-electron chi connectivity index (χ1n) is 6.11. The largest absolute Gasteiger partial charge is 0.398 e. The van der Waals surface area contributed by atoms with Crippen LogP contribution in [0.3, 0.4) is 0 Å². The van der Waals surface area contributed by atoms with E-state index < -0.39 is 16.1 Å². The quantitative estimate of drug-likeness (QED) is 0.660. The van der Waals surface area contributed by atoms with Gasteiger partial charge >= 0.3 is 0 Å². The minimum Gasteiger partial charge on any atom is -0.398 e. The van der Waals surface area contributed by atoms with Crippen LogP contribution in [0.25, 0.3) is 10.9 Å². The average Bonchev–Trinajstić information content (AvgIpc) is 2.45. The number of rotatable bonds is 4. The zero-order chi connectivity index (χ0) is 14.8. The highest BCUT2D eigenvalue weighted by atomic mass is 32.2. The zero-order valence-corrected chi connectivity index (χ0v) is 11.8. The van der Waals surface area contributed by atoms with E-state index in [-0.39, 0.29) is 4.90 Å². The fraction of sp³-hybridized carbons (Fsp3) is 0.214. The number of terminal acetylenes is 1. The Kier molecular flexibility index (Phi) is 3.93. The molecule has 5 nitrogen and oxygen atoms in total. The maximum Gasteiger partial charge on any atom is 0.243 e. The lowest BCUT2D eigenvalue weighted by Gasteiger charge is -2.13. The lowest BCUT2D eigenvalue weighted by Crippen LogP contribution is -2.33. The summed E-state index contributed by atoms with van der Waals surface area (Å²) in [5.41, 5.74) is 6.66. The molecule has 0 amide bonds. The van der Waals surface area contributed by atoms with Gasteiger partial charge in [-0.1, -0.05) is 12.8 Å². The Bertz CT molecular complexity index is 779. The van der Waals surface area contributed by atoms with Gasteiger partial charge in [0.25, 0.3) is 0 Å². The number of anilines is 1. The number of aromatic nitrogens is 1. The fourth-order valence-corrected chi connectivity index (χ4v) is 3.27. The van der Waals surface area contributed by atoms with E-state index in [1.807, 2.05) is 6.92 Å². The van der Waals surface area contributed by atoms with Crippen molar-refractivity contribution in [1.29, 1.82) is 0 Å². The smallest absolute Gasteiger partial charge is 0.243 e. The molecule has 0 aliphatic heterocycles. The third-order valence-electron chi connectivity index (χ3n) is 2.96. The molecule has 104 valence electrons. The number of hydrogen-bond acceptors (Lipinski definition) is 4. The molecule has 3 N–H and O–H groups in total. The molecule has 0 saturated heterocycles. The summed E-state index contributed by atoms with van der Waals surface area (Å²) in [5.74, 6) is 2.40. The Morgan fingerprint density at radius 3 is 2.85 bits per heavy atom. The Morgan fingerprint density at radius 2 is 2.20 bits per heavy atom. The standard InChI is InChI=1S/C14H15N3O2S/c1-3-10(4-2)17-20(18,19)13-8-7-12(15)11-6-5-9-16-14(11)13/h1,5-10,17H,4,15H2,2H3. The number of sulfonamides is 1. The van der Waals surface area contributed by atoms with Crippen molar-refractivity contribution in [3.63, 3.8) is 0 Å². The van der Waals surface area contributed by atoms with Gasteiger partial charge in [-0.2, -0.15) is 4.72 Å². The molecule has 0 spiro atoms. The van der Waals surface area contributed by atoms with E-state index in [9.17, 15) is 8.42 Å². The first kappa shape index (κ1) is 14.3. The van der Waals surface area contributed by atoms with Crippen LogP contribution >= 0.6 is 0 Å². The minimum atomic E-state index is -3.74. The molecule has 6 heteroatoms. The lowest BCUT2D eigenvalue weighted by molar-refractivity contribution is 0.571. The number of nitrogens with one attached hydrogen (secondary N) is 1. The third-order valence-corrected chi connectivity index (χ3v) is 4.47. The van der Waals surface area contributed by atoms with Crippen LogP contribution in [-0.4, -0.2) is 19.4 Å². The molecule has 1 heterocycles. The molecule has 0 fully saturated rings. The molecule has 20 heavy (non-hydrogen) atoms. The molecule has 0 saturated carbocycles.